The predicted octanol–water partition coefficient (Wildman–Crippen LogP) is 4.12. The van der Waals surface area contributed by atoms with Crippen molar-refractivity contribution >= 4 is 11.6 Å². The van der Waals surface area contributed by atoms with E-state index in [-0.39, 0.29) is 0 Å². The molecule has 21 heavy (non-hydrogen) atoms. The second-order valence-corrected chi connectivity index (χ2v) is 5.71. The molecule has 0 saturated carbocycles. The molecule has 4 heteroatoms. The molecule has 1 aromatic heterocycles. The maximum atomic E-state index is 6.29. The molecule has 3 nitrogen and oxygen atoms in total. The number of pyridine rings is 1. The monoisotopic (exact) mass is 304 g/mol. The smallest absolute Gasteiger partial charge is 0.130 e. The summed E-state index contributed by atoms with van der Waals surface area (Å²) in [6.45, 7) is 7.38. The molecule has 0 fully saturated rings. The van der Waals surface area contributed by atoms with Crippen molar-refractivity contribution < 1.29 is 4.74 Å². The van der Waals surface area contributed by atoms with Gasteiger partial charge in [0.05, 0.1) is 5.69 Å². The molecule has 0 aliphatic heterocycles. The number of rotatable bonds is 6. The summed E-state index contributed by atoms with van der Waals surface area (Å²) in [6, 6.07) is 10.1. The van der Waals surface area contributed by atoms with Crippen LogP contribution in [0.1, 0.15) is 30.7 Å². The lowest BCUT2D eigenvalue weighted by Gasteiger charge is -2.15. The van der Waals surface area contributed by atoms with E-state index < -0.39 is 0 Å². The van der Waals surface area contributed by atoms with E-state index in [1.54, 1.807) is 6.20 Å². The van der Waals surface area contributed by atoms with Crippen molar-refractivity contribution in [3.05, 3.63) is 58.4 Å². The van der Waals surface area contributed by atoms with Crippen LogP contribution in [0.2, 0.25) is 5.02 Å². The van der Waals surface area contributed by atoms with E-state index in [2.05, 4.69) is 24.1 Å². The highest BCUT2D eigenvalue weighted by atomic mass is 35.5. The lowest BCUT2D eigenvalue weighted by atomic mass is 10.2. The van der Waals surface area contributed by atoms with Crippen molar-refractivity contribution in [2.75, 3.05) is 0 Å². The van der Waals surface area contributed by atoms with Crippen molar-refractivity contribution in [2.45, 2.75) is 40.0 Å². The van der Waals surface area contributed by atoms with Crippen LogP contribution < -0.4 is 10.1 Å². The maximum Gasteiger partial charge on any atom is 0.130 e. The third-order valence-corrected chi connectivity index (χ3v) is 3.60. The highest BCUT2D eigenvalue weighted by Gasteiger charge is 2.10. The van der Waals surface area contributed by atoms with Crippen LogP contribution >= 0.6 is 11.6 Å². The van der Waals surface area contributed by atoms with Crippen LogP contribution in [0.5, 0.6) is 5.75 Å². The van der Waals surface area contributed by atoms with E-state index >= 15 is 0 Å². The summed E-state index contributed by atoms with van der Waals surface area (Å²) in [4.78, 5) is 4.35. The first-order valence-electron chi connectivity index (χ1n) is 7.12. The minimum absolute atomic E-state index is 0.396. The Hall–Kier alpha value is -1.58. The summed E-state index contributed by atoms with van der Waals surface area (Å²) in [5.74, 6) is 0.806. The molecule has 0 aliphatic carbocycles. The van der Waals surface area contributed by atoms with Gasteiger partial charge in [-0.3, -0.25) is 4.98 Å². The minimum atomic E-state index is 0.396. The Bertz CT molecular complexity index is 599. The van der Waals surface area contributed by atoms with Crippen LogP contribution in [-0.4, -0.2) is 11.0 Å². The Labute approximate surface area is 131 Å². The van der Waals surface area contributed by atoms with Gasteiger partial charge in [-0.05, 0) is 30.7 Å². The molecule has 112 valence electrons. The van der Waals surface area contributed by atoms with Crippen molar-refractivity contribution in [3.8, 4) is 5.75 Å². The average molecular weight is 305 g/mol. The third-order valence-electron chi connectivity index (χ3n) is 3.25. The summed E-state index contributed by atoms with van der Waals surface area (Å²) < 4.78 is 5.93. The van der Waals surface area contributed by atoms with Gasteiger partial charge in [-0.15, -0.1) is 0 Å². The van der Waals surface area contributed by atoms with Gasteiger partial charge in [0.2, 0.25) is 0 Å². The number of nitrogens with zero attached hydrogens (tertiary/aromatic N) is 1. The van der Waals surface area contributed by atoms with Gasteiger partial charge >= 0.3 is 0 Å². The van der Waals surface area contributed by atoms with Crippen molar-refractivity contribution in [1.82, 2.24) is 10.3 Å². The van der Waals surface area contributed by atoms with Gasteiger partial charge in [-0.1, -0.05) is 37.6 Å². The van der Waals surface area contributed by atoms with Gasteiger partial charge in [0.15, 0.2) is 0 Å². The quantitative estimate of drug-likeness (QED) is 0.871. The van der Waals surface area contributed by atoms with Crippen molar-refractivity contribution in [3.63, 3.8) is 0 Å². The van der Waals surface area contributed by atoms with Gasteiger partial charge in [0, 0.05) is 29.4 Å². The summed E-state index contributed by atoms with van der Waals surface area (Å²) in [7, 11) is 0. The van der Waals surface area contributed by atoms with E-state index in [4.69, 9.17) is 16.3 Å². The zero-order valence-electron chi connectivity index (χ0n) is 12.7. The van der Waals surface area contributed by atoms with Gasteiger partial charge in [0.1, 0.15) is 12.4 Å². The SMILES string of the molecule is Cc1cccnc1COc1cccc(Cl)c1CNC(C)C. The molecular formula is C17H21ClN2O. The molecule has 0 spiro atoms. The van der Waals surface area contributed by atoms with E-state index in [1.165, 1.54) is 0 Å². The normalized spacial score (nSPS) is 10.9. The molecule has 0 amide bonds. The number of halogens is 1. The summed E-state index contributed by atoms with van der Waals surface area (Å²) in [5.41, 5.74) is 3.06. The second kappa shape index (κ2) is 7.43. The molecule has 0 saturated heterocycles. The lowest BCUT2D eigenvalue weighted by Crippen LogP contribution is -2.22. The van der Waals surface area contributed by atoms with E-state index in [0.717, 1.165) is 27.6 Å². The Kier molecular flexibility index (Phi) is 5.59. The molecule has 0 unspecified atom stereocenters. The number of aromatic nitrogens is 1. The molecule has 1 aromatic carbocycles. The standard InChI is InChI=1S/C17H21ClN2O/c1-12(2)20-10-14-15(18)7-4-8-17(14)21-11-16-13(3)6-5-9-19-16/h4-9,12,20H,10-11H2,1-3H3. The van der Waals surface area contributed by atoms with Gasteiger partial charge in [0.25, 0.3) is 0 Å². The maximum absolute atomic E-state index is 6.29. The van der Waals surface area contributed by atoms with Crippen LogP contribution in [0.25, 0.3) is 0 Å². The van der Waals surface area contributed by atoms with Crippen molar-refractivity contribution in [1.29, 1.82) is 0 Å². The fourth-order valence-electron chi connectivity index (χ4n) is 1.97. The number of aryl methyl sites for hydroxylation is 1. The van der Waals surface area contributed by atoms with E-state index in [1.807, 2.05) is 37.3 Å². The summed E-state index contributed by atoms with van der Waals surface area (Å²) in [6.07, 6.45) is 1.78. The fourth-order valence-corrected chi connectivity index (χ4v) is 2.20. The first-order valence-corrected chi connectivity index (χ1v) is 7.49. The second-order valence-electron chi connectivity index (χ2n) is 5.31. The topological polar surface area (TPSA) is 34.1 Å². The first kappa shape index (κ1) is 15.8. The van der Waals surface area contributed by atoms with Gasteiger partial charge in [-0.2, -0.15) is 0 Å². The zero-order valence-corrected chi connectivity index (χ0v) is 13.4. The van der Waals surface area contributed by atoms with Crippen LogP contribution in [0.15, 0.2) is 36.5 Å². The largest absolute Gasteiger partial charge is 0.487 e. The predicted molar refractivity (Wildman–Crippen MR) is 86.7 cm³/mol. The Morgan fingerprint density at radius 1 is 1.24 bits per heavy atom. The molecule has 0 aliphatic rings. The summed E-state index contributed by atoms with van der Waals surface area (Å²) in [5, 5.41) is 4.09. The third kappa shape index (κ3) is 4.45. The summed E-state index contributed by atoms with van der Waals surface area (Å²) >= 11 is 6.29. The number of benzene rings is 1. The highest BCUT2D eigenvalue weighted by molar-refractivity contribution is 6.31. The first-order chi connectivity index (χ1) is 10.1. The van der Waals surface area contributed by atoms with Crippen molar-refractivity contribution in [2.24, 2.45) is 0 Å². The fraction of sp³-hybridized carbons (Fsp3) is 0.353. The average Bonchev–Trinajstić information content (AvgIpc) is 2.45. The van der Waals surface area contributed by atoms with Crippen LogP contribution in [-0.2, 0) is 13.2 Å². The van der Waals surface area contributed by atoms with E-state index in [9.17, 15) is 0 Å². The molecule has 0 bridgehead atoms. The lowest BCUT2D eigenvalue weighted by molar-refractivity contribution is 0.296. The number of ether oxygens (including phenoxy) is 1. The molecule has 1 N–H and O–H groups in total. The van der Waals surface area contributed by atoms with Gasteiger partial charge in [-0.25, -0.2) is 0 Å². The Morgan fingerprint density at radius 3 is 2.76 bits per heavy atom. The van der Waals surface area contributed by atoms with Crippen LogP contribution in [0.4, 0.5) is 0 Å². The van der Waals surface area contributed by atoms with Gasteiger partial charge < -0.3 is 10.1 Å². The number of hydrogen-bond acceptors (Lipinski definition) is 3. The molecule has 0 atom stereocenters. The Morgan fingerprint density at radius 2 is 2.05 bits per heavy atom. The minimum Gasteiger partial charge on any atom is -0.487 e. The zero-order chi connectivity index (χ0) is 15.2. The Balaban J connectivity index is 2.12. The molecule has 2 aromatic rings. The van der Waals surface area contributed by atoms with Crippen LogP contribution in [0.3, 0.4) is 0 Å². The van der Waals surface area contributed by atoms with Crippen LogP contribution in [0, 0.1) is 6.92 Å². The molecular weight excluding hydrogens is 284 g/mol. The molecule has 0 radical (unpaired) electrons. The van der Waals surface area contributed by atoms with E-state index in [0.29, 0.717) is 19.2 Å². The molecule has 2 rings (SSSR count). The number of hydrogen-bond donors (Lipinski definition) is 1. The molecule has 1 heterocycles. The number of nitrogens with one attached hydrogen (secondary N) is 1. The highest BCUT2D eigenvalue weighted by Crippen LogP contribution is 2.27.